The molecule has 4 heteroatoms. The molecule has 1 saturated carbocycles. The van der Waals surface area contributed by atoms with E-state index >= 15 is 0 Å². The minimum Gasteiger partial charge on any atom is -0.508 e. The summed E-state index contributed by atoms with van der Waals surface area (Å²) in [6, 6.07) is 6.87. The third-order valence-electron chi connectivity index (χ3n) is 3.18. The summed E-state index contributed by atoms with van der Waals surface area (Å²) in [4.78, 5) is 4.10. The van der Waals surface area contributed by atoms with Crippen molar-refractivity contribution in [3.05, 3.63) is 36.4 Å². The predicted molar refractivity (Wildman–Crippen MR) is 79.4 cm³/mol. The van der Waals surface area contributed by atoms with Crippen LogP contribution in [-0.4, -0.2) is 30.3 Å². The van der Waals surface area contributed by atoms with E-state index in [1.807, 2.05) is 18.2 Å². The molecule has 0 radical (unpaired) electrons. The van der Waals surface area contributed by atoms with Crippen LogP contribution >= 0.6 is 0 Å². The van der Waals surface area contributed by atoms with Crippen molar-refractivity contribution in [3.63, 3.8) is 0 Å². The summed E-state index contributed by atoms with van der Waals surface area (Å²) in [6.45, 7) is 2.08. The Morgan fingerprint density at radius 2 is 2.20 bits per heavy atom. The lowest BCUT2D eigenvalue weighted by Crippen LogP contribution is -2.40. The lowest BCUT2D eigenvalue weighted by molar-refractivity contribution is -0.00180. The highest BCUT2D eigenvalue weighted by Crippen LogP contribution is 2.29. The van der Waals surface area contributed by atoms with Crippen LogP contribution in [0.1, 0.15) is 26.2 Å². The number of allylic oxidation sites excluding steroid dienone is 1. The molecular weight excluding hydrogens is 254 g/mol. The fraction of sp³-hybridized carbons (Fsp3) is 0.438. The van der Waals surface area contributed by atoms with Crippen LogP contribution in [0.2, 0.25) is 0 Å². The molecule has 0 saturated heterocycles. The van der Waals surface area contributed by atoms with Gasteiger partial charge in [0.15, 0.2) is 0 Å². The molecule has 0 atom stereocenters. The monoisotopic (exact) mass is 275 g/mol. The molecule has 1 aromatic rings. The highest BCUT2D eigenvalue weighted by molar-refractivity contribution is 5.87. The van der Waals surface area contributed by atoms with Gasteiger partial charge in [-0.05, 0) is 24.6 Å². The lowest BCUT2D eigenvalue weighted by atomic mass is 9.92. The molecular formula is C16H21NO3. The fourth-order valence-corrected chi connectivity index (χ4v) is 2.02. The number of hydrogen-bond acceptors (Lipinski definition) is 4. The van der Waals surface area contributed by atoms with Crippen molar-refractivity contribution < 1.29 is 14.6 Å². The molecule has 0 bridgehead atoms. The molecule has 1 aliphatic rings. The van der Waals surface area contributed by atoms with Gasteiger partial charge in [0.2, 0.25) is 5.90 Å². The van der Waals surface area contributed by atoms with Crippen LogP contribution in [0.4, 0.5) is 0 Å². The average Bonchev–Trinajstić information content (AvgIpc) is 2.40. The van der Waals surface area contributed by atoms with E-state index in [2.05, 4.69) is 11.9 Å². The summed E-state index contributed by atoms with van der Waals surface area (Å²) in [5.74, 6) is 1.59. The molecule has 20 heavy (non-hydrogen) atoms. The first-order valence-corrected chi connectivity index (χ1v) is 6.97. The zero-order valence-electron chi connectivity index (χ0n) is 12.0. The van der Waals surface area contributed by atoms with Gasteiger partial charge >= 0.3 is 0 Å². The molecule has 0 aromatic heterocycles. The molecule has 1 N–H and O–H groups in total. The van der Waals surface area contributed by atoms with Gasteiger partial charge in [0.05, 0.1) is 0 Å². The normalized spacial score (nSPS) is 22.6. The lowest BCUT2D eigenvalue weighted by Gasteiger charge is -2.35. The van der Waals surface area contributed by atoms with Gasteiger partial charge in [-0.3, -0.25) is 4.99 Å². The van der Waals surface area contributed by atoms with E-state index in [1.165, 1.54) is 0 Å². The first-order chi connectivity index (χ1) is 9.71. The second-order valence-electron chi connectivity index (χ2n) is 4.82. The maximum absolute atomic E-state index is 9.37. The molecule has 0 amide bonds. The number of aromatic hydroxyl groups is 1. The van der Waals surface area contributed by atoms with Crippen LogP contribution in [0.3, 0.4) is 0 Å². The first kappa shape index (κ1) is 14.4. The van der Waals surface area contributed by atoms with Crippen LogP contribution < -0.4 is 4.74 Å². The van der Waals surface area contributed by atoms with Crippen molar-refractivity contribution in [1.82, 2.24) is 0 Å². The number of nitrogens with zero attached hydrogens (tertiary/aromatic N) is 1. The van der Waals surface area contributed by atoms with Gasteiger partial charge in [0, 0.05) is 26.0 Å². The van der Waals surface area contributed by atoms with E-state index in [0.29, 0.717) is 11.6 Å². The quantitative estimate of drug-likeness (QED) is 0.662. The topological polar surface area (TPSA) is 51.0 Å². The molecule has 1 aromatic carbocycles. The second-order valence-corrected chi connectivity index (χ2v) is 4.82. The Morgan fingerprint density at radius 1 is 1.40 bits per heavy atom. The number of phenols is 1. The molecule has 0 spiro atoms. The summed E-state index contributed by atoms with van der Waals surface area (Å²) in [5.41, 5.74) is 0. The molecule has 108 valence electrons. The fourth-order valence-electron chi connectivity index (χ4n) is 2.02. The smallest absolute Gasteiger partial charge is 0.208 e. The molecule has 4 nitrogen and oxygen atoms in total. The summed E-state index contributed by atoms with van der Waals surface area (Å²) in [6.07, 6.45) is 6.90. The van der Waals surface area contributed by atoms with Gasteiger partial charge < -0.3 is 14.6 Å². The Kier molecular flexibility index (Phi) is 5.04. The summed E-state index contributed by atoms with van der Waals surface area (Å²) in [7, 11) is 1.73. The van der Waals surface area contributed by atoms with Crippen molar-refractivity contribution in [1.29, 1.82) is 0 Å². The third kappa shape index (κ3) is 4.02. The Bertz CT molecular complexity index is 490. The number of phenolic OH excluding ortho intramolecular Hbond substituents is 1. The summed E-state index contributed by atoms with van der Waals surface area (Å²) < 4.78 is 11.5. The van der Waals surface area contributed by atoms with Crippen LogP contribution in [0, 0.1) is 0 Å². The van der Waals surface area contributed by atoms with E-state index in [9.17, 15) is 5.11 Å². The zero-order chi connectivity index (χ0) is 14.4. The van der Waals surface area contributed by atoms with Crippen LogP contribution in [-0.2, 0) is 4.74 Å². The maximum Gasteiger partial charge on any atom is 0.208 e. The van der Waals surface area contributed by atoms with Crippen molar-refractivity contribution in [3.8, 4) is 11.5 Å². The van der Waals surface area contributed by atoms with Crippen molar-refractivity contribution in [2.45, 2.75) is 38.4 Å². The van der Waals surface area contributed by atoms with E-state index in [4.69, 9.17) is 9.47 Å². The van der Waals surface area contributed by atoms with Gasteiger partial charge in [-0.15, -0.1) is 0 Å². The maximum atomic E-state index is 9.37. The average molecular weight is 275 g/mol. The number of benzene rings is 1. The van der Waals surface area contributed by atoms with Gasteiger partial charge in [-0.25, -0.2) is 0 Å². The van der Waals surface area contributed by atoms with Gasteiger partial charge in [0.1, 0.15) is 23.7 Å². The predicted octanol–water partition coefficient (Wildman–Crippen LogP) is 3.31. The molecule has 0 aliphatic heterocycles. The van der Waals surface area contributed by atoms with Gasteiger partial charge in [-0.1, -0.05) is 19.1 Å². The van der Waals surface area contributed by atoms with Crippen molar-refractivity contribution in [2.75, 3.05) is 7.05 Å². The zero-order valence-corrected chi connectivity index (χ0v) is 12.0. The van der Waals surface area contributed by atoms with E-state index in [-0.39, 0.29) is 18.0 Å². The van der Waals surface area contributed by atoms with Crippen molar-refractivity contribution >= 4 is 5.90 Å². The SMILES string of the molecule is CC/C=C\C(=NC)OC1CC(Oc2cccc(O)c2)C1. The minimum atomic E-state index is 0.148. The Balaban J connectivity index is 1.76. The largest absolute Gasteiger partial charge is 0.508 e. The van der Waals surface area contributed by atoms with Crippen LogP contribution in [0.5, 0.6) is 11.5 Å². The minimum absolute atomic E-state index is 0.148. The number of ether oxygens (including phenoxy) is 2. The van der Waals surface area contributed by atoms with E-state index < -0.39 is 0 Å². The highest BCUT2D eigenvalue weighted by Gasteiger charge is 2.33. The van der Waals surface area contributed by atoms with Gasteiger partial charge in [0.25, 0.3) is 0 Å². The molecule has 1 fully saturated rings. The molecule has 0 heterocycles. The molecule has 0 unspecified atom stereocenters. The Hall–Kier alpha value is -1.97. The summed E-state index contributed by atoms with van der Waals surface area (Å²) >= 11 is 0. The number of hydrogen-bond donors (Lipinski definition) is 1. The van der Waals surface area contributed by atoms with E-state index in [1.54, 1.807) is 25.2 Å². The van der Waals surface area contributed by atoms with Crippen LogP contribution in [0.25, 0.3) is 0 Å². The van der Waals surface area contributed by atoms with Gasteiger partial charge in [-0.2, -0.15) is 0 Å². The van der Waals surface area contributed by atoms with E-state index in [0.717, 1.165) is 19.3 Å². The second kappa shape index (κ2) is 6.98. The summed E-state index contributed by atoms with van der Waals surface area (Å²) in [5, 5.41) is 9.37. The number of rotatable bonds is 5. The Labute approximate surface area is 119 Å². The molecule has 2 rings (SSSR count). The standard InChI is InChI=1S/C16H21NO3/c1-3-4-8-16(17-2)20-15-10-14(11-15)19-13-7-5-6-12(18)9-13/h4-9,14-15,18H,3,10-11H2,1-2H3/b8-4-,17-16?. The number of aliphatic imine (C=N–C) groups is 1. The Morgan fingerprint density at radius 3 is 2.85 bits per heavy atom. The van der Waals surface area contributed by atoms with Crippen LogP contribution in [0.15, 0.2) is 41.4 Å². The third-order valence-corrected chi connectivity index (χ3v) is 3.18. The first-order valence-electron chi connectivity index (χ1n) is 6.97. The van der Waals surface area contributed by atoms with Crippen molar-refractivity contribution in [2.24, 2.45) is 4.99 Å². The molecule has 1 aliphatic carbocycles. The highest BCUT2D eigenvalue weighted by atomic mass is 16.5.